The number of para-hydroxylation sites is 1. The number of amides is 2. The SMILES string of the molecule is CC1C(C(=O)O)CCN1C(=O)NC1COc2ccccc21. The van der Waals surface area contributed by atoms with Crippen LogP contribution in [0.4, 0.5) is 4.79 Å². The molecule has 3 atom stereocenters. The molecule has 0 spiro atoms. The number of carbonyl (C=O) groups excluding carboxylic acids is 1. The minimum Gasteiger partial charge on any atom is -0.491 e. The minimum atomic E-state index is -0.840. The lowest BCUT2D eigenvalue weighted by Gasteiger charge is -2.25. The number of carboxylic acid groups (broad SMARTS) is 1. The van der Waals surface area contributed by atoms with Crippen LogP contribution in [-0.4, -0.2) is 41.2 Å². The fourth-order valence-electron chi connectivity index (χ4n) is 3.07. The maximum Gasteiger partial charge on any atom is 0.318 e. The molecule has 3 rings (SSSR count). The molecule has 1 fully saturated rings. The molecule has 0 aliphatic carbocycles. The van der Waals surface area contributed by atoms with Crippen molar-refractivity contribution in [2.45, 2.75) is 25.4 Å². The molecule has 2 amide bonds. The first-order valence-corrected chi connectivity index (χ1v) is 7.09. The molecule has 2 heterocycles. The summed E-state index contributed by atoms with van der Waals surface area (Å²) in [6.07, 6.45) is 0.502. The second kappa shape index (κ2) is 5.27. The van der Waals surface area contributed by atoms with Crippen LogP contribution < -0.4 is 10.1 Å². The van der Waals surface area contributed by atoms with Crippen LogP contribution in [0.25, 0.3) is 0 Å². The van der Waals surface area contributed by atoms with Gasteiger partial charge in [0.2, 0.25) is 0 Å². The Morgan fingerprint density at radius 2 is 2.14 bits per heavy atom. The van der Waals surface area contributed by atoms with Crippen molar-refractivity contribution in [1.82, 2.24) is 10.2 Å². The highest BCUT2D eigenvalue weighted by atomic mass is 16.5. The molecule has 21 heavy (non-hydrogen) atoms. The van der Waals surface area contributed by atoms with Crippen LogP contribution in [-0.2, 0) is 4.79 Å². The number of benzene rings is 1. The van der Waals surface area contributed by atoms with Crippen LogP contribution in [0.5, 0.6) is 5.75 Å². The molecule has 2 aliphatic rings. The van der Waals surface area contributed by atoms with Gasteiger partial charge in [0.15, 0.2) is 0 Å². The van der Waals surface area contributed by atoms with E-state index in [1.165, 1.54) is 0 Å². The molecule has 0 bridgehead atoms. The Morgan fingerprint density at radius 3 is 2.86 bits per heavy atom. The summed E-state index contributed by atoms with van der Waals surface area (Å²) >= 11 is 0. The molecular weight excluding hydrogens is 272 g/mol. The van der Waals surface area contributed by atoms with E-state index in [-0.39, 0.29) is 18.1 Å². The maximum absolute atomic E-state index is 12.4. The highest BCUT2D eigenvalue weighted by Crippen LogP contribution is 2.32. The van der Waals surface area contributed by atoms with Crippen molar-refractivity contribution in [3.05, 3.63) is 29.8 Å². The number of hydrogen-bond acceptors (Lipinski definition) is 3. The second-order valence-electron chi connectivity index (χ2n) is 5.52. The van der Waals surface area contributed by atoms with Gasteiger partial charge in [-0.1, -0.05) is 18.2 Å². The molecule has 1 saturated heterocycles. The van der Waals surface area contributed by atoms with Crippen molar-refractivity contribution in [2.24, 2.45) is 5.92 Å². The predicted molar refractivity (Wildman–Crippen MR) is 75.1 cm³/mol. The Hall–Kier alpha value is -2.24. The molecule has 3 unspecified atom stereocenters. The number of rotatable bonds is 2. The number of nitrogens with zero attached hydrogens (tertiary/aromatic N) is 1. The van der Waals surface area contributed by atoms with Gasteiger partial charge < -0.3 is 20.1 Å². The average molecular weight is 290 g/mol. The smallest absolute Gasteiger partial charge is 0.318 e. The molecule has 1 aromatic rings. The largest absolute Gasteiger partial charge is 0.491 e. The Labute approximate surface area is 122 Å². The summed E-state index contributed by atoms with van der Waals surface area (Å²) in [4.78, 5) is 25.1. The fourth-order valence-corrected chi connectivity index (χ4v) is 3.07. The minimum absolute atomic E-state index is 0.176. The van der Waals surface area contributed by atoms with Crippen LogP contribution in [0, 0.1) is 5.92 Å². The van der Waals surface area contributed by atoms with E-state index in [0.717, 1.165) is 11.3 Å². The van der Waals surface area contributed by atoms with Gasteiger partial charge in [-0.25, -0.2) is 4.79 Å². The van der Waals surface area contributed by atoms with E-state index in [2.05, 4.69) is 5.32 Å². The zero-order valence-electron chi connectivity index (χ0n) is 11.8. The van der Waals surface area contributed by atoms with E-state index in [0.29, 0.717) is 19.6 Å². The molecule has 6 nitrogen and oxygen atoms in total. The van der Waals surface area contributed by atoms with Gasteiger partial charge in [-0.15, -0.1) is 0 Å². The second-order valence-corrected chi connectivity index (χ2v) is 5.52. The molecule has 2 aliphatic heterocycles. The Bertz CT molecular complexity index is 575. The molecule has 0 aromatic heterocycles. The maximum atomic E-state index is 12.4. The molecule has 0 saturated carbocycles. The van der Waals surface area contributed by atoms with E-state index >= 15 is 0 Å². The number of carboxylic acids is 1. The summed E-state index contributed by atoms with van der Waals surface area (Å²) in [5.74, 6) is -0.532. The lowest BCUT2D eigenvalue weighted by molar-refractivity contribution is -0.142. The number of ether oxygens (including phenoxy) is 1. The summed E-state index contributed by atoms with van der Waals surface area (Å²) in [5, 5.41) is 12.1. The van der Waals surface area contributed by atoms with E-state index < -0.39 is 11.9 Å². The van der Waals surface area contributed by atoms with Crippen molar-refractivity contribution < 1.29 is 19.4 Å². The summed E-state index contributed by atoms with van der Waals surface area (Å²) < 4.78 is 5.53. The van der Waals surface area contributed by atoms with Crippen LogP contribution in [0.2, 0.25) is 0 Å². The third-order valence-electron chi connectivity index (χ3n) is 4.33. The van der Waals surface area contributed by atoms with Crippen molar-refractivity contribution in [1.29, 1.82) is 0 Å². The van der Waals surface area contributed by atoms with Gasteiger partial charge in [-0.05, 0) is 19.4 Å². The van der Waals surface area contributed by atoms with Crippen LogP contribution in [0.1, 0.15) is 24.9 Å². The Morgan fingerprint density at radius 1 is 1.38 bits per heavy atom. The van der Waals surface area contributed by atoms with Crippen molar-refractivity contribution in [3.63, 3.8) is 0 Å². The zero-order valence-corrected chi connectivity index (χ0v) is 11.8. The summed E-state index contributed by atoms with van der Waals surface area (Å²) in [6, 6.07) is 6.91. The van der Waals surface area contributed by atoms with E-state index in [9.17, 15) is 9.59 Å². The zero-order chi connectivity index (χ0) is 15.0. The van der Waals surface area contributed by atoms with Crippen molar-refractivity contribution in [3.8, 4) is 5.75 Å². The topological polar surface area (TPSA) is 78.9 Å². The van der Waals surface area contributed by atoms with Gasteiger partial charge in [0.1, 0.15) is 12.4 Å². The first-order chi connectivity index (χ1) is 10.1. The molecule has 2 N–H and O–H groups in total. The number of nitrogens with one attached hydrogen (secondary N) is 1. The third kappa shape index (κ3) is 2.41. The van der Waals surface area contributed by atoms with Crippen LogP contribution in [0.15, 0.2) is 24.3 Å². The van der Waals surface area contributed by atoms with Gasteiger partial charge in [-0.2, -0.15) is 0 Å². The average Bonchev–Trinajstić information content (AvgIpc) is 3.03. The molecule has 1 aromatic carbocycles. The molecular formula is C15H18N2O4. The quantitative estimate of drug-likeness (QED) is 0.867. The molecule has 112 valence electrons. The highest BCUT2D eigenvalue weighted by Gasteiger charge is 2.39. The monoisotopic (exact) mass is 290 g/mol. The number of likely N-dealkylation sites (tertiary alicyclic amines) is 1. The van der Waals surface area contributed by atoms with Gasteiger partial charge in [0.05, 0.1) is 12.0 Å². The predicted octanol–water partition coefficient (Wildman–Crippen LogP) is 1.62. The first kappa shape index (κ1) is 13.7. The highest BCUT2D eigenvalue weighted by molar-refractivity contribution is 5.78. The number of aliphatic carboxylic acids is 1. The lowest BCUT2D eigenvalue weighted by atomic mass is 10.0. The van der Waals surface area contributed by atoms with Crippen molar-refractivity contribution in [2.75, 3.05) is 13.2 Å². The molecule has 6 heteroatoms. The number of urea groups is 1. The third-order valence-corrected chi connectivity index (χ3v) is 4.33. The van der Waals surface area contributed by atoms with Gasteiger partial charge >= 0.3 is 12.0 Å². The Balaban J connectivity index is 1.67. The lowest BCUT2D eigenvalue weighted by Crippen LogP contribution is -2.45. The Kier molecular flexibility index (Phi) is 3.45. The van der Waals surface area contributed by atoms with Gasteiger partial charge in [0.25, 0.3) is 0 Å². The summed E-state index contributed by atoms with van der Waals surface area (Å²) in [6.45, 7) is 2.67. The van der Waals surface area contributed by atoms with E-state index in [4.69, 9.17) is 9.84 Å². The molecule has 0 radical (unpaired) electrons. The first-order valence-electron chi connectivity index (χ1n) is 7.09. The standard InChI is InChI=1S/C15H18N2O4/c1-9-10(14(18)19)6-7-17(9)15(20)16-12-8-21-13-5-3-2-4-11(12)13/h2-5,9-10,12H,6-8H2,1H3,(H,16,20)(H,18,19). The number of hydrogen-bond donors (Lipinski definition) is 2. The number of carbonyl (C=O) groups is 2. The summed E-state index contributed by atoms with van der Waals surface area (Å²) in [7, 11) is 0. The van der Waals surface area contributed by atoms with E-state index in [1.54, 1.807) is 11.8 Å². The van der Waals surface area contributed by atoms with E-state index in [1.807, 2.05) is 24.3 Å². The fraction of sp³-hybridized carbons (Fsp3) is 0.467. The number of fused-ring (bicyclic) bond motifs is 1. The van der Waals surface area contributed by atoms with Crippen LogP contribution in [0.3, 0.4) is 0 Å². The summed E-state index contributed by atoms with van der Waals surface area (Å²) in [5.41, 5.74) is 0.965. The van der Waals surface area contributed by atoms with Gasteiger partial charge in [0, 0.05) is 18.2 Å². The van der Waals surface area contributed by atoms with Crippen LogP contribution >= 0.6 is 0 Å². The normalized spacial score (nSPS) is 27.1. The van der Waals surface area contributed by atoms with Crippen molar-refractivity contribution >= 4 is 12.0 Å². The van der Waals surface area contributed by atoms with Gasteiger partial charge in [-0.3, -0.25) is 4.79 Å².